The van der Waals surface area contributed by atoms with E-state index >= 15 is 9.59 Å². The molecule has 2 saturated heterocycles. The summed E-state index contributed by atoms with van der Waals surface area (Å²) in [5.74, 6) is -7.70. The molecule has 5 aliphatic rings. The van der Waals surface area contributed by atoms with Crippen LogP contribution in [0.5, 0.6) is 11.5 Å². The van der Waals surface area contributed by atoms with Gasteiger partial charge in [-0.15, -0.1) is 0 Å². The lowest BCUT2D eigenvalue weighted by Gasteiger charge is -2.67. The smallest absolute Gasteiger partial charge is 0.410 e. The molecule has 2 bridgehead atoms. The largest absolute Gasteiger partial charge is 0.455 e. The lowest BCUT2D eigenvalue weighted by molar-refractivity contribution is -0.385. The number of nitrogens with one attached hydrogen (secondary N) is 1. The zero-order valence-corrected chi connectivity index (χ0v) is 56.1. The van der Waals surface area contributed by atoms with E-state index in [-0.39, 0.29) is 64.8 Å². The molecule has 3 aliphatic carbocycles. The quantitative estimate of drug-likeness (QED) is 0.0220. The Morgan fingerprint density at radius 1 is 0.758 bits per heavy atom. The molecule has 5 aromatic rings. The number of Topliss-reactive ketones (excluding diaryl/α,β-unsaturated/α-hetero) is 1. The van der Waals surface area contributed by atoms with Crippen LogP contribution in [0.25, 0.3) is 0 Å². The SMILES string of the molecule is CC(=O)O[C@H]1C(=O)[C@@]2(C)[C@H]([C@H](OC(=O)c3ccccc3)[C@]3(O)C[C@H](OC(=O)[C@H](OC(=O)N(C)CCN(C)C(=O)OC(C)c4ccc([N+](=O)[O-])c(Oc5ccc(C(=O)N6CCOCC6)cc5)c4)[C@@H](NC(=O)c4ccccc4)c4ccccc4)C(C)=C1C3(C)C)[C@]1(OC(C)=O)CO[C@@H]1C[C@@H]2O. The van der Waals surface area contributed by atoms with Crippen molar-refractivity contribution in [1.82, 2.24) is 20.0 Å². The Morgan fingerprint density at radius 3 is 1.93 bits per heavy atom. The van der Waals surface area contributed by atoms with Gasteiger partial charge in [0.1, 0.15) is 41.8 Å². The minimum atomic E-state index is -2.56. The van der Waals surface area contributed by atoms with Crippen molar-refractivity contribution in [3.63, 3.8) is 0 Å². The number of nitro groups is 1. The predicted molar refractivity (Wildman–Crippen MR) is 348 cm³/mol. The molecule has 0 spiro atoms. The number of ether oxygens (including phenoxy) is 9. The fourth-order valence-corrected chi connectivity index (χ4v) is 14.0. The van der Waals surface area contributed by atoms with Gasteiger partial charge in [0.25, 0.3) is 11.8 Å². The molecular weight excluding hydrogens is 1290 g/mol. The zero-order chi connectivity index (χ0) is 71.5. The molecule has 524 valence electrons. The first kappa shape index (κ1) is 71.7. The lowest BCUT2D eigenvalue weighted by Crippen LogP contribution is -2.82. The topological polar surface area (TPSA) is 342 Å². The average molecular weight is 1370 g/mol. The highest BCUT2D eigenvalue weighted by Crippen LogP contribution is 2.64. The number of hydrogen-bond donors (Lipinski definition) is 3. The maximum absolute atomic E-state index is 16.0. The molecule has 99 heavy (non-hydrogen) atoms. The van der Waals surface area contributed by atoms with Gasteiger partial charge in [0.2, 0.25) is 11.9 Å². The van der Waals surface area contributed by atoms with Gasteiger partial charge in [-0.25, -0.2) is 19.2 Å². The number of ketones is 1. The number of aliphatic hydroxyl groups is 2. The van der Waals surface area contributed by atoms with E-state index in [0.717, 1.165) is 23.6 Å². The van der Waals surface area contributed by atoms with Crippen LogP contribution in [0, 0.1) is 26.9 Å². The van der Waals surface area contributed by atoms with Crippen LogP contribution in [0.2, 0.25) is 0 Å². The third-order valence-electron chi connectivity index (χ3n) is 19.6. The van der Waals surface area contributed by atoms with Gasteiger partial charge in [0.15, 0.2) is 17.5 Å². The predicted octanol–water partition coefficient (Wildman–Crippen LogP) is 7.81. The number of fused-ring (bicyclic) bond motifs is 5. The van der Waals surface area contributed by atoms with E-state index in [0.29, 0.717) is 37.4 Å². The second-order valence-corrected chi connectivity index (χ2v) is 26.1. The highest BCUT2D eigenvalue weighted by atomic mass is 16.6. The molecule has 12 atom stereocenters. The molecule has 27 heteroatoms. The van der Waals surface area contributed by atoms with E-state index in [1.807, 2.05) is 0 Å². The molecule has 2 saturated carbocycles. The summed E-state index contributed by atoms with van der Waals surface area (Å²) in [6.07, 6.45) is -14.6. The number of nitrogens with zero attached hydrogens (tertiary/aromatic N) is 4. The van der Waals surface area contributed by atoms with Gasteiger partial charge in [-0.2, -0.15) is 0 Å². The van der Waals surface area contributed by atoms with Gasteiger partial charge in [-0.1, -0.05) is 80.6 Å². The third-order valence-corrected chi connectivity index (χ3v) is 19.6. The summed E-state index contributed by atoms with van der Waals surface area (Å²) in [6, 6.07) is 32.1. The van der Waals surface area contributed by atoms with Crippen molar-refractivity contribution in [2.45, 2.75) is 121 Å². The van der Waals surface area contributed by atoms with E-state index in [1.165, 1.54) is 103 Å². The molecule has 2 aliphatic heterocycles. The van der Waals surface area contributed by atoms with Crippen molar-refractivity contribution < 1.29 is 101 Å². The standard InChI is InChI=1S/C72H79N5O22/c1-41-53(39-72(88)62(98-65(84)48-23-17-12-18-24-48)60-70(7,54(80)38-55-71(60,40-92-55)99-44(4)79)61(81)58(94-43(3)78)56(41)69(72,5)6)96-66(85)59(57(45-19-13-10-14-20-45)73-63(82)46-21-15-11-16-22-46)97-68(87)75(9)32-31-74(8)67(86)93-42(2)49-27-30-51(77(89)90)52(37-49)95-50-28-25-47(26-29-50)64(83)76-33-35-91-36-34-76/h10-30,37,42,53-55,57-60,62,80,88H,31-36,38-40H2,1-9H3,(H,73,82)/t42?,53-,54-,55+,57-,58+,59+,60-,62-,70+,71-,72+/m0/s1. The third kappa shape index (κ3) is 14.3. The van der Waals surface area contributed by atoms with Crippen LogP contribution in [0.15, 0.2) is 145 Å². The lowest BCUT2D eigenvalue weighted by atomic mass is 9.44. The number of nitro benzene ring substituents is 1. The van der Waals surface area contributed by atoms with E-state index in [1.54, 1.807) is 83.8 Å². The molecule has 4 fully saturated rings. The van der Waals surface area contributed by atoms with Crippen molar-refractivity contribution in [3.05, 3.63) is 183 Å². The van der Waals surface area contributed by atoms with E-state index in [2.05, 4.69) is 5.32 Å². The molecule has 0 aromatic heterocycles. The van der Waals surface area contributed by atoms with Gasteiger partial charge in [-0.3, -0.25) is 34.1 Å². The monoisotopic (exact) mass is 1370 g/mol. The highest BCUT2D eigenvalue weighted by Gasteiger charge is 2.78. The van der Waals surface area contributed by atoms with Gasteiger partial charge >= 0.3 is 41.8 Å². The number of esters is 4. The Morgan fingerprint density at radius 2 is 1.35 bits per heavy atom. The van der Waals surface area contributed by atoms with Crippen molar-refractivity contribution in [2.24, 2.45) is 16.7 Å². The van der Waals surface area contributed by atoms with E-state index in [4.69, 9.17) is 42.6 Å². The summed E-state index contributed by atoms with van der Waals surface area (Å²) in [7, 11) is 2.69. The minimum Gasteiger partial charge on any atom is -0.455 e. The Hall–Kier alpha value is -10.1. The maximum atomic E-state index is 16.0. The van der Waals surface area contributed by atoms with Crippen molar-refractivity contribution >= 4 is 59.3 Å². The highest BCUT2D eigenvalue weighted by molar-refractivity contribution is 5.97. The van der Waals surface area contributed by atoms with Crippen LogP contribution in [-0.2, 0) is 57.1 Å². The fourth-order valence-electron chi connectivity index (χ4n) is 14.0. The molecule has 10 rings (SSSR count). The summed E-state index contributed by atoms with van der Waals surface area (Å²) in [4.78, 5) is 144. The summed E-state index contributed by atoms with van der Waals surface area (Å²) in [5.41, 5.74) is -7.84. The van der Waals surface area contributed by atoms with E-state index in [9.17, 15) is 53.9 Å². The van der Waals surface area contributed by atoms with Gasteiger partial charge in [0.05, 0.1) is 47.7 Å². The number of amides is 4. The molecule has 27 nitrogen and oxygen atoms in total. The number of rotatable bonds is 20. The second-order valence-electron chi connectivity index (χ2n) is 26.1. The molecule has 1 unspecified atom stereocenters. The van der Waals surface area contributed by atoms with Crippen molar-refractivity contribution in [2.75, 3.05) is 60.1 Å². The van der Waals surface area contributed by atoms with Crippen LogP contribution in [0.1, 0.15) is 116 Å². The molecule has 5 aromatic carbocycles. The number of carbonyl (C=O) groups is 9. The summed E-state index contributed by atoms with van der Waals surface area (Å²) < 4.78 is 54.4. The summed E-state index contributed by atoms with van der Waals surface area (Å²) >= 11 is 0. The van der Waals surface area contributed by atoms with Gasteiger partial charge in [-0.05, 0) is 104 Å². The van der Waals surface area contributed by atoms with Crippen LogP contribution < -0.4 is 10.1 Å². The van der Waals surface area contributed by atoms with Gasteiger partial charge < -0.3 is 72.9 Å². The Balaban J connectivity index is 0.945. The Kier molecular flexibility index (Phi) is 21.1. The van der Waals surface area contributed by atoms with Crippen LogP contribution >= 0.6 is 0 Å². The Labute approximate surface area is 570 Å². The number of carbonyl (C=O) groups excluding carboxylic acids is 9. The molecular formula is C72H79N5O22. The van der Waals surface area contributed by atoms with Crippen LogP contribution in [0.4, 0.5) is 15.3 Å². The average Bonchev–Trinajstić information content (AvgIpc) is 0.669. The number of hydrogen-bond acceptors (Lipinski definition) is 22. The second kappa shape index (κ2) is 29.2. The van der Waals surface area contributed by atoms with Crippen LogP contribution in [-0.4, -0.2) is 191 Å². The zero-order valence-electron chi connectivity index (χ0n) is 56.1. The summed E-state index contributed by atoms with van der Waals surface area (Å²) in [6.45, 7) is 10.4. The first-order chi connectivity index (χ1) is 47.0. The molecule has 2 heterocycles. The number of aliphatic hydroxyl groups excluding tert-OH is 1. The van der Waals surface area contributed by atoms with Gasteiger partial charge in [0, 0.05) is 89.6 Å². The van der Waals surface area contributed by atoms with Crippen LogP contribution in [0.3, 0.4) is 0 Å². The number of morpholine rings is 1. The minimum absolute atomic E-state index is 0.00171. The van der Waals surface area contributed by atoms with Crippen molar-refractivity contribution in [1.29, 1.82) is 0 Å². The Bertz CT molecular complexity index is 3940. The van der Waals surface area contributed by atoms with E-state index < -0.39 is 148 Å². The molecule has 0 radical (unpaired) electrons. The number of benzene rings is 5. The first-order valence-corrected chi connectivity index (χ1v) is 32.3. The molecule has 3 N–H and O–H groups in total. The van der Waals surface area contributed by atoms with Crippen molar-refractivity contribution in [3.8, 4) is 11.5 Å². The fraction of sp³-hybridized carbons (Fsp3) is 0.431. The summed E-state index contributed by atoms with van der Waals surface area (Å²) in [5, 5.41) is 41.5. The molecule has 4 amide bonds. The first-order valence-electron chi connectivity index (χ1n) is 32.3. The maximum Gasteiger partial charge on any atom is 0.410 e. The normalized spacial score (nSPS) is 25.3. The number of likely N-dealkylation sites (N-methyl/N-ethyl adjacent to an activating group) is 2.